The largest absolute Gasteiger partial charge is 0.388 e. The van der Waals surface area contributed by atoms with E-state index in [1.165, 1.54) is 6.92 Å². The number of rotatable bonds is 8. The first-order chi connectivity index (χ1) is 9.52. The van der Waals surface area contributed by atoms with Gasteiger partial charge in [-0.05, 0) is 12.8 Å². The van der Waals surface area contributed by atoms with Crippen LogP contribution >= 0.6 is 0 Å². The first kappa shape index (κ1) is 16.9. The van der Waals surface area contributed by atoms with E-state index in [1.54, 1.807) is 0 Å². The summed E-state index contributed by atoms with van der Waals surface area (Å²) in [5.41, 5.74) is -0.806. The van der Waals surface area contributed by atoms with E-state index in [0.29, 0.717) is 45.6 Å². The van der Waals surface area contributed by atoms with E-state index in [1.807, 2.05) is 0 Å². The molecule has 1 aliphatic rings. The van der Waals surface area contributed by atoms with Crippen LogP contribution in [-0.2, 0) is 14.3 Å². The summed E-state index contributed by atoms with van der Waals surface area (Å²) in [7, 11) is 0. The Morgan fingerprint density at radius 2 is 1.85 bits per heavy atom. The third-order valence-electron chi connectivity index (χ3n) is 3.49. The lowest BCUT2D eigenvalue weighted by Crippen LogP contribution is -2.46. The molecule has 1 heterocycles. The number of hydrogen-bond acceptors (Lipinski definition) is 4. The van der Waals surface area contributed by atoms with Gasteiger partial charge in [-0.3, -0.25) is 9.59 Å². The Morgan fingerprint density at radius 1 is 1.15 bits per heavy atom. The number of carbonyl (C=O) groups excluding carboxylic acids is 2. The second-order valence-corrected chi connectivity index (χ2v) is 5.41. The number of carbonyl (C=O) groups is 2. The van der Waals surface area contributed by atoms with E-state index in [0.717, 1.165) is 19.3 Å². The van der Waals surface area contributed by atoms with Crippen LogP contribution in [0.15, 0.2) is 0 Å². The van der Waals surface area contributed by atoms with E-state index in [2.05, 4.69) is 10.6 Å². The summed E-state index contributed by atoms with van der Waals surface area (Å²) < 4.78 is 5.19. The van der Waals surface area contributed by atoms with Crippen molar-refractivity contribution in [1.29, 1.82) is 0 Å². The topological polar surface area (TPSA) is 87.7 Å². The van der Waals surface area contributed by atoms with Crippen LogP contribution in [0.1, 0.15) is 45.4 Å². The van der Waals surface area contributed by atoms with Gasteiger partial charge in [-0.15, -0.1) is 0 Å². The number of nitrogens with one attached hydrogen (secondary N) is 2. The van der Waals surface area contributed by atoms with Gasteiger partial charge < -0.3 is 20.5 Å². The molecule has 1 aliphatic heterocycles. The molecule has 0 aromatic heterocycles. The minimum atomic E-state index is -0.806. The monoisotopic (exact) mass is 286 g/mol. The molecule has 0 radical (unpaired) electrons. The molecule has 2 amide bonds. The molecule has 1 fully saturated rings. The lowest BCUT2D eigenvalue weighted by molar-refractivity contribution is -0.124. The van der Waals surface area contributed by atoms with Crippen LogP contribution in [0.4, 0.5) is 0 Å². The molecule has 1 rings (SSSR count). The van der Waals surface area contributed by atoms with Crippen molar-refractivity contribution in [3.63, 3.8) is 0 Å². The first-order valence-electron chi connectivity index (χ1n) is 7.33. The van der Waals surface area contributed by atoms with Crippen LogP contribution in [0, 0.1) is 0 Å². The Bertz CT molecular complexity index is 314. The molecule has 116 valence electrons. The van der Waals surface area contributed by atoms with Gasteiger partial charge in [0.05, 0.1) is 5.60 Å². The number of unbranched alkanes of at least 4 members (excludes halogenated alkanes) is 2. The molecule has 6 nitrogen and oxygen atoms in total. The standard InChI is InChI=1S/C14H26N2O4/c1-12(17)15-8-4-2-3-5-13(18)16-11-14(19)6-9-20-10-7-14/h19H,2-11H2,1H3,(H,15,17)(H,16,18). The lowest BCUT2D eigenvalue weighted by Gasteiger charge is -2.32. The fourth-order valence-electron chi connectivity index (χ4n) is 2.13. The van der Waals surface area contributed by atoms with Gasteiger partial charge >= 0.3 is 0 Å². The van der Waals surface area contributed by atoms with Crippen LogP contribution < -0.4 is 10.6 Å². The molecule has 0 aromatic rings. The molecular weight excluding hydrogens is 260 g/mol. The van der Waals surface area contributed by atoms with Crippen LogP contribution in [0.5, 0.6) is 0 Å². The molecule has 0 aliphatic carbocycles. The van der Waals surface area contributed by atoms with Crippen molar-refractivity contribution in [1.82, 2.24) is 10.6 Å². The highest BCUT2D eigenvalue weighted by molar-refractivity contribution is 5.75. The van der Waals surface area contributed by atoms with Crippen molar-refractivity contribution in [3.8, 4) is 0 Å². The SMILES string of the molecule is CC(=O)NCCCCCC(=O)NCC1(O)CCOCC1. The average molecular weight is 286 g/mol. The fourth-order valence-corrected chi connectivity index (χ4v) is 2.13. The third-order valence-corrected chi connectivity index (χ3v) is 3.49. The zero-order valence-corrected chi connectivity index (χ0v) is 12.2. The van der Waals surface area contributed by atoms with Gasteiger partial charge in [0, 0.05) is 52.5 Å². The maximum Gasteiger partial charge on any atom is 0.220 e. The number of aliphatic hydroxyl groups is 1. The first-order valence-corrected chi connectivity index (χ1v) is 7.33. The summed E-state index contributed by atoms with van der Waals surface area (Å²) >= 11 is 0. The van der Waals surface area contributed by atoms with Gasteiger partial charge in [0.15, 0.2) is 0 Å². The summed E-state index contributed by atoms with van der Waals surface area (Å²) in [5.74, 6) is -0.0445. The molecule has 1 saturated heterocycles. The minimum Gasteiger partial charge on any atom is -0.388 e. The normalized spacial score (nSPS) is 17.5. The fraction of sp³-hybridized carbons (Fsp3) is 0.857. The van der Waals surface area contributed by atoms with E-state index in [9.17, 15) is 14.7 Å². The van der Waals surface area contributed by atoms with Gasteiger partial charge in [0.1, 0.15) is 0 Å². The number of amides is 2. The van der Waals surface area contributed by atoms with Crippen molar-refractivity contribution in [3.05, 3.63) is 0 Å². The van der Waals surface area contributed by atoms with Crippen molar-refractivity contribution < 1.29 is 19.4 Å². The Morgan fingerprint density at radius 3 is 2.50 bits per heavy atom. The van der Waals surface area contributed by atoms with Gasteiger partial charge in [-0.1, -0.05) is 6.42 Å². The van der Waals surface area contributed by atoms with Crippen LogP contribution in [0.2, 0.25) is 0 Å². The van der Waals surface area contributed by atoms with Gasteiger partial charge in [0.25, 0.3) is 0 Å². The molecule has 3 N–H and O–H groups in total. The summed E-state index contributed by atoms with van der Waals surface area (Å²) in [6.45, 7) is 3.57. The molecule has 0 saturated carbocycles. The van der Waals surface area contributed by atoms with E-state index in [-0.39, 0.29) is 11.8 Å². The Hall–Kier alpha value is -1.14. The van der Waals surface area contributed by atoms with Gasteiger partial charge in [0.2, 0.25) is 11.8 Å². The summed E-state index contributed by atoms with van der Waals surface area (Å²) in [5, 5.41) is 15.7. The van der Waals surface area contributed by atoms with Gasteiger partial charge in [-0.2, -0.15) is 0 Å². The van der Waals surface area contributed by atoms with Gasteiger partial charge in [-0.25, -0.2) is 0 Å². The van der Waals surface area contributed by atoms with Crippen molar-refractivity contribution >= 4 is 11.8 Å². The van der Waals surface area contributed by atoms with Crippen molar-refractivity contribution in [2.24, 2.45) is 0 Å². The zero-order chi connectivity index (χ0) is 14.8. The van der Waals surface area contributed by atoms with E-state index >= 15 is 0 Å². The maximum atomic E-state index is 11.6. The maximum absolute atomic E-state index is 11.6. The molecule has 0 bridgehead atoms. The predicted molar refractivity (Wildman–Crippen MR) is 75.2 cm³/mol. The summed E-state index contributed by atoms with van der Waals surface area (Å²) in [6.07, 6.45) is 4.20. The second-order valence-electron chi connectivity index (χ2n) is 5.41. The van der Waals surface area contributed by atoms with Crippen molar-refractivity contribution in [2.75, 3.05) is 26.3 Å². The molecule has 0 atom stereocenters. The average Bonchev–Trinajstić information content (AvgIpc) is 2.41. The van der Waals surface area contributed by atoms with E-state index < -0.39 is 5.60 Å². The van der Waals surface area contributed by atoms with Crippen molar-refractivity contribution in [2.45, 2.75) is 51.0 Å². The highest BCUT2D eigenvalue weighted by Crippen LogP contribution is 2.19. The quantitative estimate of drug-likeness (QED) is 0.562. The van der Waals surface area contributed by atoms with Crippen LogP contribution in [-0.4, -0.2) is 48.8 Å². The highest BCUT2D eigenvalue weighted by atomic mass is 16.5. The molecule has 0 spiro atoms. The molecule has 20 heavy (non-hydrogen) atoms. The molecule has 0 aromatic carbocycles. The third kappa shape index (κ3) is 7.45. The summed E-state index contributed by atoms with van der Waals surface area (Å²) in [4.78, 5) is 22.3. The highest BCUT2D eigenvalue weighted by Gasteiger charge is 2.29. The molecular formula is C14H26N2O4. The molecule has 0 unspecified atom stereocenters. The second kappa shape index (κ2) is 8.92. The number of ether oxygens (including phenoxy) is 1. The van der Waals surface area contributed by atoms with Crippen LogP contribution in [0.25, 0.3) is 0 Å². The zero-order valence-electron chi connectivity index (χ0n) is 12.2. The number of hydrogen-bond donors (Lipinski definition) is 3. The molecule has 6 heteroatoms. The predicted octanol–water partition coefficient (Wildman–Crippen LogP) is 0.341. The smallest absolute Gasteiger partial charge is 0.220 e. The Balaban J connectivity index is 2.01. The summed E-state index contributed by atoms with van der Waals surface area (Å²) in [6, 6.07) is 0. The Kier molecular flexibility index (Phi) is 7.54. The van der Waals surface area contributed by atoms with E-state index in [4.69, 9.17) is 4.74 Å². The Labute approximate surface area is 120 Å². The minimum absolute atomic E-state index is 0.0209. The van der Waals surface area contributed by atoms with Crippen LogP contribution in [0.3, 0.4) is 0 Å². The lowest BCUT2D eigenvalue weighted by atomic mass is 9.94.